The van der Waals surface area contributed by atoms with Gasteiger partial charge in [0.2, 0.25) is 6.41 Å². The number of anilines is 1. The number of carbonyl (C=O) groups excluding carboxylic acids is 1. The summed E-state index contributed by atoms with van der Waals surface area (Å²) in [6.07, 6.45) is 1.89. The van der Waals surface area contributed by atoms with E-state index in [9.17, 15) is 4.79 Å². The summed E-state index contributed by atoms with van der Waals surface area (Å²) in [6.45, 7) is 2.25. The van der Waals surface area contributed by atoms with Gasteiger partial charge in [-0.05, 0) is 6.92 Å². The van der Waals surface area contributed by atoms with Gasteiger partial charge in [-0.3, -0.25) is 4.79 Å². The number of hydrogen-bond donors (Lipinski definition) is 1. The van der Waals surface area contributed by atoms with Gasteiger partial charge in [0.15, 0.2) is 10.9 Å². The van der Waals surface area contributed by atoms with Crippen molar-refractivity contribution < 1.29 is 9.53 Å². The van der Waals surface area contributed by atoms with Gasteiger partial charge in [-0.25, -0.2) is 0 Å². The molecule has 13 heavy (non-hydrogen) atoms. The SMILES string of the molecule is CCOc1c(NC=O)cnnc1Cl. The van der Waals surface area contributed by atoms with Crippen LogP contribution >= 0.6 is 11.6 Å². The largest absolute Gasteiger partial charge is 0.488 e. The topological polar surface area (TPSA) is 64.1 Å². The number of halogens is 1. The molecule has 0 saturated carbocycles. The summed E-state index contributed by atoms with van der Waals surface area (Å²) in [7, 11) is 0. The lowest BCUT2D eigenvalue weighted by molar-refractivity contribution is -0.105. The van der Waals surface area contributed by atoms with Crippen LogP contribution in [0.5, 0.6) is 5.75 Å². The summed E-state index contributed by atoms with van der Waals surface area (Å²) in [6, 6.07) is 0. The number of ether oxygens (including phenoxy) is 1. The fourth-order valence-electron chi connectivity index (χ4n) is 0.800. The number of nitrogens with one attached hydrogen (secondary N) is 1. The van der Waals surface area contributed by atoms with Crippen LogP contribution in [0.3, 0.4) is 0 Å². The summed E-state index contributed by atoms with van der Waals surface area (Å²) in [4.78, 5) is 10.2. The van der Waals surface area contributed by atoms with Gasteiger partial charge in [0.1, 0.15) is 5.69 Å². The zero-order valence-corrected chi connectivity index (χ0v) is 7.71. The maximum Gasteiger partial charge on any atom is 0.211 e. The number of nitrogens with zero attached hydrogens (tertiary/aromatic N) is 2. The van der Waals surface area contributed by atoms with Crippen molar-refractivity contribution in [3.05, 3.63) is 11.3 Å². The molecule has 6 heteroatoms. The van der Waals surface area contributed by atoms with Crippen LogP contribution in [0.1, 0.15) is 6.92 Å². The third-order valence-electron chi connectivity index (χ3n) is 1.27. The molecule has 0 aliphatic heterocycles. The molecule has 0 spiro atoms. The van der Waals surface area contributed by atoms with Gasteiger partial charge in [-0.1, -0.05) is 11.6 Å². The lowest BCUT2D eigenvalue weighted by Crippen LogP contribution is -2.02. The maximum absolute atomic E-state index is 10.2. The zero-order chi connectivity index (χ0) is 9.68. The highest BCUT2D eigenvalue weighted by atomic mass is 35.5. The number of aromatic nitrogens is 2. The second-order valence-corrected chi connectivity index (χ2v) is 2.43. The summed E-state index contributed by atoms with van der Waals surface area (Å²) < 4.78 is 5.16. The Labute approximate surface area is 80.1 Å². The molecule has 0 unspecified atom stereocenters. The van der Waals surface area contributed by atoms with E-state index in [-0.39, 0.29) is 5.15 Å². The van der Waals surface area contributed by atoms with E-state index in [1.807, 2.05) is 0 Å². The summed E-state index contributed by atoms with van der Waals surface area (Å²) in [5.74, 6) is 0.339. The molecule has 0 saturated heterocycles. The van der Waals surface area contributed by atoms with Gasteiger partial charge in [-0.15, -0.1) is 5.10 Å². The predicted molar refractivity (Wildman–Crippen MR) is 47.9 cm³/mol. The molecule has 0 radical (unpaired) electrons. The summed E-state index contributed by atoms with van der Waals surface area (Å²) in [5, 5.41) is 9.68. The Morgan fingerprint density at radius 1 is 1.77 bits per heavy atom. The van der Waals surface area contributed by atoms with Crippen molar-refractivity contribution >= 4 is 23.7 Å². The highest BCUT2D eigenvalue weighted by Crippen LogP contribution is 2.29. The Kier molecular flexibility index (Phi) is 3.45. The Balaban J connectivity index is 3.01. The molecule has 0 fully saturated rings. The van der Waals surface area contributed by atoms with Gasteiger partial charge in [0.05, 0.1) is 12.8 Å². The van der Waals surface area contributed by atoms with Crippen molar-refractivity contribution in [1.29, 1.82) is 0 Å². The minimum Gasteiger partial charge on any atom is -0.488 e. The Bertz CT molecular complexity index is 306. The van der Waals surface area contributed by atoms with Crippen molar-refractivity contribution in [3.8, 4) is 5.75 Å². The van der Waals surface area contributed by atoms with E-state index in [0.29, 0.717) is 24.5 Å². The van der Waals surface area contributed by atoms with E-state index in [2.05, 4.69) is 15.5 Å². The Morgan fingerprint density at radius 2 is 2.54 bits per heavy atom. The molecule has 0 bridgehead atoms. The van der Waals surface area contributed by atoms with Crippen LogP contribution in [0.4, 0.5) is 5.69 Å². The molecule has 1 aromatic rings. The molecule has 1 N–H and O–H groups in total. The van der Waals surface area contributed by atoms with Gasteiger partial charge in [0.25, 0.3) is 0 Å². The van der Waals surface area contributed by atoms with E-state index in [1.54, 1.807) is 6.92 Å². The van der Waals surface area contributed by atoms with E-state index in [0.717, 1.165) is 0 Å². The molecule has 1 amide bonds. The van der Waals surface area contributed by atoms with Crippen LogP contribution < -0.4 is 10.1 Å². The molecule has 70 valence electrons. The minimum atomic E-state index is 0.133. The lowest BCUT2D eigenvalue weighted by atomic mass is 10.4. The molecule has 5 nitrogen and oxygen atoms in total. The van der Waals surface area contributed by atoms with Crippen molar-refractivity contribution in [2.24, 2.45) is 0 Å². The normalized spacial score (nSPS) is 9.38. The average molecular weight is 202 g/mol. The molecule has 1 heterocycles. The third kappa shape index (κ3) is 2.29. The van der Waals surface area contributed by atoms with Gasteiger partial charge >= 0.3 is 0 Å². The number of amides is 1. The number of hydrogen-bond acceptors (Lipinski definition) is 4. The smallest absolute Gasteiger partial charge is 0.211 e. The van der Waals surface area contributed by atoms with Crippen molar-refractivity contribution in [1.82, 2.24) is 10.2 Å². The quantitative estimate of drug-likeness (QED) is 0.741. The standard InChI is InChI=1S/C7H8ClN3O2/c1-2-13-6-5(9-4-12)3-10-11-7(6)8/h3-4H,2H2,1H3,(H,9,11,12). The van der Waals surface area contributed by atoms with Crippen molar-refractivity contribution in [2.45, 2.75) is 6.92 Å². The van der Waals surface area contributed by atoms with Crippen LogP contribution in [-0.2, 0) is 4.79 Å². The van der Waals surface area contributed by atoms with Crippen molar-refractivity contribution in [2.75, 3.05) is 11.9 Å². The highest BCUT2D eigenvalue weighted by molar-refractivity contribution is 6.31. The van der Waals surface area contributed by atoms with Crippen LogP contribution in [-0.4, -0.2) is 23.2 Å². The molecule has 0 atom stereocenters. The molecule has 1 rings (SSSR count). The zero-order valence-electron chi connectivity index (χ0n) is 6.95. The average Bonchev–Trinajstić information content (AvgIpc) is 2.11. The predicted octanol–water partition coefficient (Wildman–Crippen LogP) is 1.10. The first-order valence-electron chi connectivity index (χ1n) is 3.63. The third-order valence-corrected chi connectivity index (χ3v) is 1.51. The van der Waals surface area contributed by atoms with Crippen LogP contribution in [0.15, 0.2) is 6.20 Å². The van der Waals surface area contributed by atoms with Gasteiger partial charge in [-0.2, -0.15) is 5.10 Å². The number of carbonyl (C=O) groups is 1. The first-order chi connectivity index (χ1) is 6.29. The molecule has 0 aliphatic rings. The van der Waals surface area contributed by atoms with Crippen LogP contribution in [0, 0.1) is 0 Å². The van der Waals surface area contributed by atoms with E-state index >= 15 is 0 Å². The maximum atomic E-state index is 10.2. The second kappa shape index (κ2) is 4.61. The first kappa shape index (κ1) is 9.73. The molecule has 1 aromatic heterocycles. The van der Waals surface area contributed by atoms with E-state index in [1.165, 1.54) is 6.20 Å². The van der Waals surface area contributed by atoms with Crippen LogP contribution in [0.2, 0.25) is 5.15 Å². The lowest BCUT2D eigenvalue weighted by Gasteiger charge is -2.08. The molecular weight excluding hydrogens is 194 g/mol. The summed E-state index contributed by atoms with van der Waals surface area (Å²) >= 11 is 5.69. The van der Waals surface area contributed by atoms with Crippen LogP contribution in [0.25, 0.3) is 0 Å². The molecule has 0 aromatic carbocycles. The second-order valence-electron chi connectivity index (χ2n) is 2.07. The van der Waals surface area contributed by atoms with Gasteiger partial charge < -0.3 is 10.1 Å². The van der Waals surface area contributed by atoms with Gasteiger partial charge in [0, 0.05) is 0 Å². The fourth-order valence-corrected chi connectivity index (χ4v) is 1.00. The number of rotatable bonds is 4. The summed E-state index contributed by atoms with van der Waals surface area (Å²) in [5.41, 5.74) is 0.414. The highest BCUT2D eigenvalue weighted by Gasteiger charge is 2.09. The first-order valence-corrected chi connectivity index (χ1v) is 4.01. The Morgan fingerprint density at radius 3 is 3.15 bits per heavy atom. The van der Waals surface area contributed by atoms with Crippen molar-refractivity contribution in [3.63, 3.8) is 0 Å². The monoisotopic (exact) mass is 201 g/mol. The Hall–Kier alpha value is -1.36. The molecular formula is C7H8ClN3O2. The van der Waals surface area contributed by atoms with E-state index in [4.69, 9.17) is 16.3 Å². The minimum absolute atomic E-state index is 0.133. The fraction of sp³-hybridized carbons (Fsp3) is 0.286. The molecule has 0 aliphatic carbocycles. The van der Waals surface area contributed by atoms with E-state index < -0.39 is 0 Å².